The van der Waals surface area contributed by atoms with Crippen molar-refractivity contribution in [2.24, 2.45) is 5.92 Å². The number of carbonyl (C=O) groups is 1. The SMILES string of the molecule is Cc1cnc(CN2CCC(N3CCC[C@H](C(=O)NCc4ccccn4)C3)CC2)[nH]1. The van der Waals surface area contributed by atoms with Gasteiger partial charge in [-0.25, -0.2) is 4.98 Å². The monoisotopic (exact) mass is 396 g/mol. The standard InChI is InChI=1S/C22H32N6O/c1-17-13-24-21(26-17)16-27-11-7-20(8-12-27)28-10-4-5-18(15-28)22(29)25-14-19-6-2-3-9-23-19/h2-3,6,9,13,18,20H,4-5,7-8,10-12,14-16H2,1H3,(H,24,26)(H,25,29)/t18-/m0/s1. The summed E-state index contributed by atoms with van der Waals surface area (Å²) in [7, 11) is 0. The molecule has 0 unspecified atom stereocenters. The number of imidazole rings is 1. The number of H-pyrrole nitrogens is 1. The van der Waals surface area contributed by atoms with Gasteiger partial charge in [0, 0.05) is 43.8 Å². The molecule has 0 bridgehead atoms. The Morgan fingerprint density at radius 3 is 2.79 bits per heavy atom. The zero-order valence-corrected chi connectivity index (χ0v) is 17.3. The predicted molar refractivity (Wildman–Crippen MR) is 112 cm³/mol. The van der Waals surface area contributed by atoms with Gasteiger partial charge in [0.05, 0.1) is 24.7 Å². The van der Waals surface area contributed by atoms with Crippen molar-refractivity contribution in [3.63, 3.8) is 0 Å². The van der Waals surface area contributed by atoms with Crippen LogP contribution in [0.15, 0.2) is 30.6 Å². The third-order valence-corrected chi connectivity index (χ3v) is 6.20. The average Bonchev–Trinajstić information content (AvgIpc) is 3.18. The Labute approximate surface area is 172 Å². The molecule has 4 heterocycles. The van der Waals surface area contributed by atoms with Crippen LogP contribution in [0.5, 0.6) is 0 Å². The van der Waals surface area contributed by atoms with Gasteiger partial charge in [0.2, 0.25) is 5.91 Å². The number of aryl methyl sites for hydroxylation is 1. The maximum atomic E-state index is 12.7. The summed E-state index contributed by atoms with van der Waals surface area (Å²) in [4.78, 5) is 29.8. The van der Waals surface area contributed by atoms with E-state index in [0.717, 1.165) is 62.8 Å². The van der Waals surface area contributed by atoms with Crippen molar-refractivity contribution >= 4 is 5.91 Å². The van der Waals surface area contributed by atoms with Crippen molar-refractivity contribution in [1.82, 2.24) is 30.1 Å². The Morgan fingerprint density at radius 1 is 1.21 bits per heavy atom. The Bertz CT molecular complexity index is 784. The lowest BCUT2D eigenvalue weighted by Crippen LogP contribution is -2.50. The molecule has 0 saturated carbocycles. The van der Waals surface area contributed by atoms with E-state index in [4.69, 9.17) is 0 Å². The minimum Gasteiger partial charge on any atom is -0.350 e. The van der Waals surface area contributed by atoms with Crippen LogP contribution in [0, 0.1) is 12.8 Å². The molecule has 2 aliphatic rings. The number of hydrogen-bond acceptors (Lipinski definition) is 5. The number of amides is 1. The maximum Gasteiger partial charge on any atom is 0.224 e. The Kier molecular flexibility index (Phi) is 6.56. The zero-order chi connectivity index (χ0) is 20.1. The molecule has 2 saturated heterocycles. The minimum absolute atomic E-state index is 0.0941. The van der Waals surface area contributed by atoms with E-state index in [1.165, 1.54) is 12.8 Å². The van der Waals surface area contributed by atoms with E-state index in [0.29, 0.717) is 12.6 Å². The third-order valence-electron chi connectivity index (χ3n) is 6.20. The van der Waals surface area contributed by atoms with Gasteiger partial charge in [-0.3, -0.25) is 19.6 Å². The van der Waals surface area contributed by atoms with Gasteiger partial charge in [-0.05, 0) is 51.3 Å². The van der Waals surface area contributed by atoms with Gasteiger partial charge in [-0.15, -0.1) is 0 Å². The van der Waals surface area contributed by atoms with Crippen LogP contribution in [0.3, 0.4) is 0 Å². The average molecular weight is 397 g/mol. The van der Waals surface area contributed by atoms with Crippen molar-refractivity contribution in [3.05, 3.63) is 47.8 Å². The molecule has 0 spiro atoms. The summed E-state index contributed by atoms with van der Waals surface area (Å²) in [6, 6.07) is 6.39. The molecule has 4 rings (SSSR count). The number of nitrogens with one attached hydrogen (secondary N) is 2. The van der Waals surface area contributed by atoms with Gasteiger partial charge < -0.3 is 10.3 Å². The summed E-state index contributed by atoms with van der Waals surface area (Å²) in [5.41, 5.74) is 2.03. The van der Waals surface area contributed by atoms with E-state index in [9.17, 15) is 4.79 Å². The number of aromatic amines is 1. The van der Waals surface area contributed by atoms with Gasteiger partial charge in [0.15, 0.2) is 0 Å². The first-order valence-electron chi connectivity index (χ1n) is 10.8. The second kappa shape index (κ2) is 9.50. The number of hydrogen-bond donors (Lipinski definition) is 2. The molecular formula is C22H32N6O. The van der Waals surface area contributed by atoms with Crippen molar-refractivity contribution in [3.8, 4) is 0 Å². The fourth-order valence-corrected chi connectivity index (χ4v) is 4.58. The highest BCUT2D eigenvalue weighted by Crippen LogP contribution is 2.24. The summed E-state index contributed by atoms with van der Waals surface area (Å²) >= 11 is 0. The molecule has 2 N–H and O–H groups in total. The topological polar surface area (TPSA) is 77.2 Å². The van der Waals surface area contributed by atoms with E-state index in [-0.39, 0.29) is 11.8 Å². The summed E-state index contributed by atoms with van der Waals surface area (Å²) in [5.74, 6) is 1.33. The number of aromatic nitrogens is 3. The van der Waals surface area contributed by atoms with Gasteiger partial charge >= 0.3 is 0 Å². The Morgan fingerprint density at radius 2 is 2.07 bits per heavy atom. The third kappa shape index (κ3) is 5.42. The maximum absolute atomic E-state index is 12.7. The van der Waals surface area contributed by atoms with Crippen LogP contribution in [0.25, 0.3) is 0 Å². The van der Waals surface area contributed by atoms with Gasteiger partial charge in [0.1, 0.15) is 5.82 Å². The number of rotatable bonds is 6. The fraction of sp³-hybridized carbons (Fsp3) is 0.591. The number of likely N-dealkylation sites (tertiary alicyclic amines) is 2. The van der Waals surface area contributed by atoms with Crippen LogP contribution < -0.4 is 5.32 Å². The highest BCUT2D eigenvalue weighted by Gasteiger charge is 2.31. The van der Waals surface area contributed by atoms with Crippen LogP contribution in [-0.2, 0) is 17.9 Å². The molecule has 0 aromatic carbocycles. The molecule has 7 nitrogen and oxygen atoms in total. The van der Waals surface area contributed by atoms with Crippen LogP contribution in [0.1, 0.15) is 42.9 Å². The number of carbonyl (C=O) groups excluding carboxylic acids is 1. The second-order valence-corrected chi connectivity index (χ2v) is 8.39. The Balaban J connectivity index is 1.23. The summed E-state index contributed by atoms with van der Waals surface area (Å²) in [6.07, 6.45) is 8.09. The zero-order valence-electron chi connectivity index (χ0n) is 17.3. The van der Waals surface area contributed by atoms with Crippen LogP contribution >= 0.6 is 0 Å². The first kappa shape index (κ1) is 20.0. The van der Waals surface area contributed by atoms with Crippen molar-refractivity contribution in [2.75, 3.05) is 26.2 Å². The number of pyridine rings is 1. The quantitative estimate of drug-likeness (QED) is 0.782. The van der Waals surface area contributed by atoms with Crippen LogP contribution in [0.4, 0.5) is 0 Å². The lowest BCUT2D eigenvalue weighted by Gasteiger charge is -2.41. The summed E-state index contributed by atoms with van der Waals surface area (Å²) < 4.78 is 0. The molecule has 0 aliphatic carbocycles. The molecule has 2 fully saturated rings. The fourth-order valence-electron chi connectivity index (χ4n) is 4.58. The van der Waals surface area contributed by atoms with E-state index in [1.54, 1.807) is 6.20 Å². The molecule has 0 radical (unpaired) electrons. The van der Waals surface area contributed by atoms with Crippen LogP contribution in [-0.4, -0.2) is 62.9 Å². The van der Waals surface area contributed by atoms with Gasteiger partial charge in [-0.1, -0.05) is 6.07 Å². The summed E-state index contributed by atoms with van der Waals surface area (Å²) in [6.45, 7) is 7.65. The summed E-state index contributed by atoms with van der Waals surface area (Å²) in [5, 5.41) is 3.08. The number of piperidine rings is 2. The van der Waals surface area contributed by atoms with Gasteiger partial charge in [0.25, 0.3) is 0 Å². The molecule has 156 valence electrons. The largest absolute Gasteiger partial charge is 0.350 e. The van der Waals surface area contributed by atoms with Crippen molar-refractivity contribution in [1.29, 1.82) is 0 Å². The molecule has 1 amide bonds. The van der Waals surface area contributed by atoms with Crippen LogP contribution in [0.2, 0.25) is 0 Å². The predicted octanol–water partition coefficient (Wildman–Crippen LogP) is 2.11. The van der Waals surface area contributed by atoms with E-state index >= 15 is 0 Å². The molecule has 2 aromatic rings. The van der Waals surface area contributed by atoms with E-state index in [2.05, 4.69) is 30.1 Å². The highest BCUT2D eigenvalue weighted by molar-refractivity contribution is 5.78. The first-order chi connectivity index (χ1) is 14.2. The first-order valence-corrected chi connectivity index (χ1v) is 10.8. The molecule has 7 heteroatoms. The Hall–Kier alpha value is -2.25. The van der Waals surface area contributed by atoms with Gasteiger partial charge in [-0.2, -0.15) is 0 Å². The van der Waals surface area contributed by atoms with Crippen molar-refractivity contribution in [2.45, 2.75) is 51.7 Å². The molecular weight excluding hydrogens is 364 g/mol. The second-order valence-electron chi connectivity index (χ2n) is 8.39. The molecule has 2 aliphatic heterocycles. The molecule has 2 aromatic heterocycles. The number of nitrogens with zero attached hydrogens (tertiary/aromatic N) is 4. The van der Waals surface area contributed by atoms with Crippen molar-refractivity contribution < 1.29 is 4.79 Å². The van der Waals surface area contributed by atoms with E-state index in [1.807, 2.05) is 31.3 Å². The smallest absolute Gasteiger partial charge is 0.224 e. The van der Waals surface area contributed by atoms with E-state index < -0.39 is 0 Å². The lowest BCUT2D eigenvalue weighted by atomic mass is 9.93. The highest BCUT2D eigenvalue weighted by atomic mass is 16.1. The lowest BCUT2D eigenvalue weighted by molar-refractivity contribution is -0.127. The molecule has 1 atom stereocenters. The normalized spacial score (nSPS) is 21.9. The minimum atomic E-state index is 0.0941. The molecule has 29 heavy (non-hydrogen) atoms.